The van der Waals surface area contributed by atoms with Crippen LogP contribution in [0.1, 0.15) is 53.3 Å². The number of pyridine rings is 1. The molecule has 4 aromatic rings. The molecule has 0 saturated heterocycles. The third-order valence-corrected chi connectivity index (χ3v) is 5.97. The largest absolute Gasteiger partial charge is 0.369 e. The standard InChI is InChI=1S/C25H25N7O.H2S/c1-15(18-4-3-5-19-20(25(33)26-2)8-9-27-23(18)19)11-28-22-10-21(31-14-32-22)17-12-29-24(30-13-17)16-6-7-16;/h3-5,8-10,12-16H,6-7,11H2,1-2H3,(H,26,33)(H,28,31,32);1H2/t15-;/m1./s1. The molecule has 34 heavy (non-hydrogen) atoms. The number of nitrogens with zero attached hydrogens (tertiary/aromatic N) is 5. The molecule has 174 valence electrons. The maximum absolute atomic E-state index is 12.2. The number of carbonyl (C=O) groups excluding carboxylic acids is 1. The van der Waals surface area contributed by atoms with Crippen LogP contribution in [0.25, 0.3) is 22.2 Å². The molecule has 0 radical (unpaired) electrons. The minimum Gasteiger partial charge on any atom is -0.369 e. The number of aromatic nitrogens is 5. The fraction of sp³-hybridized carbons (Fsp3) is 0.280. The van der Waals surface area contributed by atoms with E-state index < -0.39 is 0 Å². The number of benzene rings is 1. The van der Waals surface area contributed by atoms with E-state index in [1.807, 2.05) is 30.6 Å². The molecule has 1 aliphatic carbocycles. The molecule has 1 aromatic carbocycles. The van der Waals surface area contributed by atoms with Crippen molar-refractivity contribution in [3.63, 3.8) is 0 Å². The van der Waals surface area contributed by atoms with Crippen molar-refractivity contribution >= 4 is 36.1 Å². The molecule has 2 N–H and O–H groups in total. The zero-order chi connectivity index (χ0) is 22.8. The van der Waals surface area contributed by atoms with E-state index in [2.05, 4.69) is 48.5 Å². The van der Waals surface area contributed by atoms with Crippen LogP contribution in [0.4, 0.5) is 5.82 Å². The first-order valence-corrected chi connectivity index (χ1v) is 11.1. The minimum absolute atomic E-state index is 0. The van der Waals surface area contributed by atoms with Crippen molar-refractivity contribution in [1.29, 1.82) is 0 Å². The Labute approximate surface area is 205 Å². The van der Waals surface area contributed by atoms with Crippen molar-refractivity contribution in [1.82, 2.24) is 30.2 Å². The van der Waals surface area contributed by atoms with Crippen molar-refractivity contribution in [2.45, 2.75) is 31.6 Å². The summed E-state index contributed by atoms with van der Waals surface area (Å²) in [5.41, 5.74) is 4.19. The topological polar surface area (TPSA) is 106 Å². The maximum atomic E-state index is 12.2. The zero-order valence-corrected chi connectivity index (χ0v) is 20.1. The predicted molar refractivity (Wildman–Crippen MR) is 137 cm³/mol. The van der Waals surface area contributed by atoms with Crippen LogP contribution in [0.2, 0.25) is 0 Å². The first-order valence-electron chi connectivity index (χ1n) is 11.1. The summed E-state index contributed by atoms with van der Waals surface area (Å²) in [5, 5.41) is 6.95. The van der Waals surface area contributed by atoms with Gasteiger partial charge >= 0.3 is 0 Å². The first-order chi connectivity index (χ1) is 16.1. The molecule has 3 aromatic heterocycles. The van der Waals surface area contributed by atoms with Crippen LogP contribution >= 0.6 is 13.5 Å². The lowest BCUT2D eigenvalue weighted by atomic mass is 9.96. The van der Waals surface area contributed by atoms with E-state index in [0.717, 1.165) is 39.4 Å². The van der Waals surface area contributed by atoms with Gasteiger partial charge in [-0.15, -0.1) is 0 Å². The summed E-state index contributed by atoms with van der Waals surface area (Å²) >= 11 is 0. The Morgan fingerprint density at radius 3 is 2.62 bits per heavy atom. The molecule has 1 saturated carbocycles. The van der Waals surface area contributed by atoms with E-state index in [4.69, 9.17) is 0 Å². The summed E-state index contributed by atoms with van der Waals surface area (Å²) in [6.07, 6.45) is 9.26. The highest BCUT2D eigenvalue weighted by molar-refractivity contribution is 7.59. The fourth-order valence-electron chi connectivity index (χ4n) is 3.93. The van der Waals surface area contributed by atoms with Gasteiger partial charge in [-0.05, 0) is 24.5 Å². The molecule has 3 heterocycles. The molecule has 5 rings (SSSR count). The third-order valence-electron chi connectivity index (χ3n) is 5.97. The number of fused-ring (bicyclic) bond motifs is 1. The Morgan fingerprint density at radius 2 is 1.88 bits per heavy atom. The van der Waals surface area contributed by atoms with Crippen LogP contribution in [0, 0.1) is 0 Å². The molecular formula is C25H27N7OS. The van der Waals surface area contributed by atoms with Gasteiger partial charge in [-0.25, -0.2) is 19.9 Å². The van der Waals surface area contributed by atoms with E-state index in [0.29, 0.717) is 18.0 Å². The Bertz CT molecular complexity index is 1310. The third kappa shape index (κ3) is 4.84. The lowest BCUT2D eigenvalue weighted by molar-refractivity contribution is 0.0964. The van der Waals surface area contributed by atoms with Crippen molar-refractivity contribution < 1.29 is 4.79 Å². The second-order valence-corrected chi connectivity index (χ2v) is 8.36. The number of hydrogen-bond donors (Lipinski definition) is 2. The molecule has 1 amide bonds. The van der Waals surface area contributed by atoms with Crippen molar-refractivity contribution in [3.8, 4) is 11.3 Å². The average molecular weight is 474 g/mol. The van der Waals surface area contributed by atoms with Crippen LogP contribution in [-0.4, -0.2) is 44.4 Å². The van der Waals surface area contributed by atoms with E-state index >= 15 is 0 Å². The smallest absolute Gasteiger partial charge is 0.251 e. The van der Waals surface area contributed by atoms with Gasteiger partial charge in [-0.2, -0.15) is 13.5 Å². The number of carbonyl (C=O) groups is 1. The van der Waals surface area contributed by atoms with Gasteiger partial charge in [-0.1, -0.05) is 25.1 Å². The number of nitrogens with one attached hydrogen (secondary N) is 2. The second-order valence-electron chi connectivity index (χ2n) is 8.36. The van der Waals surface area contributed by atoms with Gasteiger partial charge in [-0.3, -0.25) is 9.78 Å². The monoisotopic (exact) mass is 473 g/mol. The van der Waals surface area contributed by atoms with Crippen LogP contribution in [-0.2, 0) is 0 Å². The van der Waals surface area contributed by atoms with E-state index in [-0.39, 0.29) is 25.3 Å². The number of para-hydroxylation sites is 1. The highest BCUT2D eigenvalue weighted by Crippen LogP contribution is 2.38. The Balaban J connectivity index is 0.00000274. The summed E-state index contributed by atoms with van der Waals surface area (Å²) in [6, 6.07) is 9.62. The van der Waals surface area contributed by atoms with Gasteiger partial charge in [0.15, 0.2) is 0 Å². The highest BCUT2D eigenvalue weighted by Gasteiger charge is 2.26. The van der Waals surface area contributed by atoms with Crippen molar-refractivity contribution in [2.24, 2.45) is 0 Å². The minimum atomic E-state index is -0.118. The Morgan fingerprint density at radius 1 is 1.09 bits per heavy atom. The maximum Gasteiger partial charge on any atom is 0.251 e. The van der Waals surface area contributed by atoms with Crippen LogP contribution in [0.5, 0.6) is 0 Å². The number of hydrogen-bond acceptors (Lipinski definition) is 7. The molecule has 0 bridgehead atoms. The summed E-state index contributed by atoms with van der Waals surface area (Å²) in [4.78, 5) is 34.5. The summed E-state index contributed by atoms with van der Waals surface area (Å²) in [6.45, 7) is 2.78. The van der Waals surface area contributed by atoms with Crippen LogP contribution < -0.4 is 10.6 Å². The number of anilines is 1. The van der Waals surface area contributed by atoms with Crippen molar-refractivity contribution in [2.75, 3.05) is 18.9 Å². The van der Waals surface area contributed by atoms with Crippen LogP contribution in [0.15, 0.2) is 55.2 Å². The number of rotatable bonds is 7. The van der Waals surface area contributed by atoms with Gasteiger partial charge in [0.25, 0.3) is 5.91 Å². The van der Waals surface area contributed by atoms with Gasteiger partial charge in [0.05, 0.1) is 16.8 Å². The molecule has 1 atom stereocenters. The molecule has 9 heteroatoms. The molecule has 0 aliphatic heterocycles. The SMILES string of the molecule is CNC(=O)c1ccnc2c([C@H](C)CNc3cc(-c4cnc(C5CC5)nc4)ncn3)cccc12.S. The fourth-order valence-corrected chi connectivity index (χ4v) is 3.93. The summed E-state index contributed by atoms with van der Waals surface area (Å²) < 4.78 is 0. The van der Waals surface area contributed by atoms with Gasteiger partial charge in [0.2, 0.25) is 0 Å². The Kier molecular flexibility index (Phi) is 7.02. The molecular weight excluding hydrogens is 446 g/mol. The van der Waals surface area contributed by atoms with E-state index in [9.17, 15) is 4.79 Å². The van der Waals surface area contributed by atoms with Gasteiger partial charge in [0.1, 0.15) is 18.0 Å². The van der Waals surface area contributed by atoms with Gasteiger partial charge in [0, 0.05) is 61.0 Å². The van der Waals surface area contributed by atoms with E-state index in [1.165, 1.54) is 12.8 Å². The van der Waals surface area contributed by atoms with Crippen LogP contribution in [0.3, 0.4) is 0 Å². The molecule has 1 fully saturated rings. The normalized spacial score (nSPS) is 13.7. The van der Waals surface area contributed by atoms with E-state index in [1.54, 1.807) is 25.6 Å². The highest BCUT2D eigenvalue weighted by atomic mass is 32.1. The molecule has 1 aliphatic rings. The lowest BCUT2D eigenvalue weighted by Gasteiger charge is -2.16. The van der Waals surface area contributed by atoms with Crippen molar-refractivity contribution in [3.05, 3.63) is 72.2 Å². The van der Waals surface area contributed by atoms with Gasteiger partial charge < -0.3 is 10.6 Å². The zero-order valence-electron chi connectivity index (χ0n) is 19.1. The molecule has 0 unspecified atom stereocenters. The number of amides is 1. The quantitative estimate of drug-likeness (QED) is 0.417. The summed E-state index contributed by atoms with van der Waals surface area (Å²) in [5.74, 6) is 2.20. The Hall–Kier alpha value is -3.59. The lowest BCUT2D eigenvalue weighted by Crippen LogP contribution is -2.18. The average Bonchev–Trinajstić information content (AvgIpc) is 3.72. The predicted octanol–water partition coefficient (Wildman–Crippen LogP) is 4.05. The first kappa shape index (κ1) is 23.6. The molecule has 8 nitrogen and oxygen atoms in total. The summed E-state index contributed by atoms with van der Waals surface area (Å²) in [7, 11) is 1.63. The molecule has 0 spiro atoms. The second kappa shape index (κ2) is 10.1.